The van der Waals surface area contributed by atoms with Crippen molar-refractivity contribution in [2.45, 2.75) is 13.3 Å². The number of carboxylic acids is 1. The highest BCUT2D eigenvalue weighted by atomic mass is 35.5. The highest BCUT2D eigenvalue weighted by Crippen LogP contribution is 2.32. The first kappa shape index (κ1) is 22.9. The molecule has 1 aromatic carbocycles. The molecule has 4 rings (SSSR count). The van der Waals surface area contributed by atoms with E-state index in [1.807, 2.05) is 6.92 Å². The van der Waals surface area contributed by atoms with E-state index in [1.165, 1.54) is 12.1 Å². The van der Waals surface area contributed by atoms with Gasteiger partial charge in [-0.2, -0.15) is 4.98 Å². The van der Waals surface area contributed by atoms with Crippen LogP contribution in [0.4, 0.5) is 21.8 Å². The number of rotatable bonds is 6. The highest BCUT2D eigenvalue weighted by Gasteiger charge is 2.22. The SMILES string of the molecule is CCc1ncc(-c2cnc(Nc3ccc(F)c(Cl)c3)nc2N2CCN(C)CC2)cc1C(=O)O. The Morgan fingerprint density at radius 1 is 1.18 bits per heavy atom. The quantitative estimate of drug-likeness (QED) is 0.556. The number of benzene rings is 1. The molecule has 2 N–H and O–H groups in total. The van der Waals surface area contributed by atoms with Crippen molar-refractivity contribution in [3.63, 3.8) is 0 Å². The van der Waals surface area contributed by atoms with Gasteiger partial charge in [-0.25, -0.2) is 14.2 Å². The number of aromatic carboxylic acids is 1. The van der Waals surface area contributed by atoms with Gasteiger partial charge in [0.2, 0.25) is 5.95 Å². The molecule has 0 spiro atoms. The molecule has 0 bridgehead atoms. The molecule has 1 fully saturated rings. The van der Waals surface area contributed by atoms with Gasteiger partial charge >= 0.3 is 5.97 Å². The van der Waals surface area contributed by atoms with Crippen molar-refractivity contribution < 1.29 is 14.3 Å². The normalized spacial score (nSPS) is 14.4. The van der Waals surface area contributed by atoms with E-state index in [9.17, 15) is 14.3 Å². The summed E-state index contributed by atoms with van der Waals surface area (Å²) >= 11 is 5.89. The average Bonchev–Trinajstić information content (AvgIpc) is 2.81. The van der Waals surface area contributed by atoms with Crippen molar-refractivity contribution >= 4 is 35.0 Å². The molecule has 1 aliphatic rings. The fraction of sp³-hybridized carbons (Fsp3) is 0.304. The smallest absolute Gasteiger partial charge is 0.337 e. The minimum atomic E-state index is -1.02. The van der Waals surface area contributed by atoms with Crippen LogP contribution in [-0.4, -0.2) is 64.2 Å². The molecule has 10 heteroatoms. The van der Waals surface area contributed by atoms with E-state index in [-0.39, 0.29) is 10.6 Å². The van der Waals surface area contributed by atoms with Crippen LogP contribution in [0.15, 0.2) is 36.7 Å². The summed E-state index contributed by atoms with van der Waals surface area (Å²) in [5.74, 6) is -0.522. The van der Waals surface area contributed by atoms with Gasteiger partial charge in [-0.05, 0) is 37.7 Å². The van der Waals surface area contributed by atoms with Crippen LogP contribution >= 0.6 is 11.6 Å². The van der Waals surface area contributed by atoms with Gasteiger partial charge in [0.25, 0.3) is 0 Å². The molecule has 0 amide bonds. The predicted molar refractivity (Wildman–Crippen MR) is 126 cm³/mol. The highest BCUT2D eigenvalue weighted by molar-refractivity contribution is 6.31. The maximum absolute atomic E-state index is 13.5. The number of piperazine rings is 1. The number of anilines is 3. The number of aryl methyl sites for hydroxylation is 1. The first-order chi connectivity index (χ1) is 15.9. The molecule has 1 saturated heterocycles. The molecule has 0 atom stereocenters. The lowest BCUT2D eigenvalue weighted by molar-refractivity contribution is 0.0695. The lowest BCUT2D eigenvalue weighted by Crippen LogP contribution is -2.45. The van der Waals surface area contributed by atoms with Gasteiger partial charge in [-0.3, -0.25) is 4.98 Å². The molecule has 3 heterocycles. The topological polar surface area (TPSA) is 94.5 Å². The summed E-state index contributed by atoms with van der Waals surface area (Å²) in [5, 5.41) is 12.7. The fourth-order valence-electron chi connectivity index (χ4n) is 3.71. The molecule has 172 valence electrons. The third-order valence-electron chi connectivity index (χ3n) is 5.59. The first-order valence-corrected chi connectivity index (χ1v) is 11.0. The summed E-state index contributed by atoms with van der Waals surface area (Å²) in [6.45, 7) is 5.12. The average molecular weight is 471 g/mol. The van der Waals surface area contributed by atoms with Crippen LogP contribution < -0.4 is 10.2 Å². The van der Waals surface area contributed by atoms with Crippen molar-refractivity contribution in [1.82, 2.24) is 19.9 Å². The zero-order valence-electron chi connectivity index (χ0n) is 18.3. The zero-order valence-corrected chi connectivity index (χ0v) is 19.1. The van der Waals surface area contributed by atoms with Crippen molar-refractivity contribution in [3.05, 3.63) is 58.8 Å². The first-order valence-electron chi connectivity index (χ1n) is 10.6. The number of nitrogens with zero attached hydrogens (tertiary/aromatic N) is 5. The predicted octanol–water partition coefficient (Wildman–Crippen LogP) is 4.09. The lowest BCUT2D eigenvalue weighted by atomic mass is 10.0. The Balaban J connectivity index is 1.75. The van der Waals surface area contributed by atoms with E-state index in [0.29, 0.717) is 40.7 Å². The maximum atomic E-state index is 13.5. The summed E-state index contributed by atoms with van der Waals surface area (Å²) in [4.78, 5) is 29.7. The van der Waals surface area contributed by atoms with Crippen LogP contribution in [0, 0.1) is 5.82 Å². The van der Waals surface area contributed by atoms with Crippen LogP contribution in [0.5, 0.6) is 0 Å². The molecule has 8 nitrogen and oxygen atoms in total. The lowest BCUT2D eigenvalue weighted by Gasteiger charge is -2.34. The van der Waals surface area contributed by atoms with Crippen molar-refractivity contribution in [3.8, 4) is 11.1 Å². The number of halogens is 2. The van der Waals surface area contributed by atoms with Crippen LogP contribution in [-0.2, 0) is 6.42 Å². The Morgan fingerprint density at radius 2 is 1.94 bits per heavy atom. The van der Waals surface area contributed by atoms with Gasteiger partial charge in [0.15, 0.2) is 0 Å². The number of carbonyl (C=O) groups is 1. The number of nitrogens with one attached hydrogen (secondary N) is 1. The van der Waals surface area contributed by atoms with Crippen LogP contribution in [0.3, 0.4) is 0 Å². The second-order valence-electron chi connectivity index (χ2n) is 7.85. The van der Waals surface area contributed by atoms with Crippen molar-refractivity contribution in [2.24, 2.45) is 0 Å². The summed E-state index contributed by atoms with van der Waals surface area (Å²) < 4.78 is 13.5. The van der Waals surface area contributed by atoms with E-state index in [4.69, 9.17) is 16.6 Å². The minimum absolute atomic E-state index is 0.000741. The van der Waals surface area contributed by atoms with Crippen LogP contribution in [0.2, 0.25) is 5.02 Å². The van der Waals surface area contributed by atoms with Crippen LogP contribution in [0.25, 0.3) is 11.1 Å². The third kappa shape index (κ3) is 5.04. The molecule has 2 aromatic heterocycles. The summed E-state index contributed by atoms with van der Waals surface area (Å²) in [7, 11) is 2.07. The van der Waals surface area contributed by atoms with Crippen molar-refractivity contribution in [2.75, 3.05) is 43.4 Å². The molecule has 33 heavy (non-hydrogen) atoms. The monoisotopic (exact) mass is 470 g/mol. The van der Waals surface area contributed by atoms with Gasteiger partial charge in [-0.1, -0.05) is 18.5 Å². The number of pyridine rings is 1. The standard InChI is InChI=1S/C23H24ClFN6O2/c1-3-20-16(22(32)33)10-14(12-26-20)17-13-27-23(28-15-4-5-19(25)18(24)11-15)29-21(17)31-8-6-30(2)7-9-31/h4-5,10-13H,3,6-9H2,1-2H3,(H,32,33)(H,27,28,29). The largest absolute Gasteiger partial charge is 0.478 e. The molecular formula is C23H24ClFN6O2. The molecule has 0 saturated carbocycles. The Bertz CT molecular complexity index is 1180. The Labute approximate surface area is 196 Å². The number of likely N-dealkylation sites (N-methyl/N-ethyl adjacent to an activating group) is 1. The molecule has 0 aliphatic carbocycles. The van der Waals surface area contributed by atoms with E-state index in [1.54, 1.807) is 24.5 Å². The van der Waals surface area contributed by atoms with E-state index in [0.717, 1.165) is 26.2 Å². The minimum Gasteiger partial charge on any atom is -0.478 e. The third-order valence-corrected chi connectivity index (χ3v) is 5.88. The Morgan fingerprint density at radius 3 is 2.61 bits per heavy atom. The zero-order chi connectivity index (χ0) is 23.5. The second kappa shape index (κ2) is 9.68. The summed E-state index contributed by atoms with van der Waals surface area (Å²) in [6, 6.07) is 5.92. The van der Waals surface area contributed by atoms with Gasteiger partial charge in [0, 0.05) is 55.4 Å². The summed E-state index contributed by atoms with van der Waals surface area (Å²) in [5.41, 5.74) is 2.58. The van der Waals surface area contributed by atoms with Gasteiger partial charge in [0.05, 0.1) is 16.3 Å². The number of carboxylic acid groups (broad SMARTS) is 1. The number of hydrogen-bond acceptors (Lipinski definition) is 7. The van der Waals surface area contributed by atoms with Crippen LogP contribution in [0.1, 0.15) is 23.0 Å². The molecule has 0 unspecified atom stereocenters. The van der Waals surface area contributed by atoms with Crippen molar-refractivity contribution in [1.29, 1.82) is 0 Å². The Kier molecular flexibility index (Phi) is 6.71. The van der Waals surface area contributed by atoms with Gasteiger partial charge in [0.1, 0.15) is 11.6 Å². The Hall–Kier alpha value is -3.30. The van der Waals surface area contributed by atoms with E-state index >= 15 is 0 Å². The number of aromatic nitrogens is 3. The summed E-state index contributed by atoms with van der Waals surface area (Å²) in [6.07, 6.45) is 3.84. The molecular weight excluding hydrogens is 447 g/mol. The van der Waals surface area contributed by atoms with Gasteiger partial charge in [-0.15, -0.1) is 0 Å². The molecule has 1 aliphatic heterocycles. The second-order valence-corrected chi connectivity index (χ2v) is 8.26. The molecule has 0 radical (unpaired) electrons. The molecule has 3 aromatic rings. The maximum Gasteiger partial charge on any atom is 0.337 e. The van der Waals surface area contributed by atoms with E-state index in [2.05, 4.69) is 32.1 Å². The number of hydrogen-bond donors (Lipinski definition) is 2. The fourth-order valence-corrected chi connectivity index (χ4v) is 3.89. The van der Waals surface area contributed by atoms with Gasteiger partial charge < -0.3 is 20.2 Å². The van der Waals surface area contributed by atoms with E-state index < -0.39 is 11.8 Å².